The first kappa shape index (κ1) is 18.5. The van der Waals surface area contributed by atoms with Gasteiger partial charge >= 0.3 is 0 Å². The Bertz CT molecular complexity index is 714. The van der Waals surface area contributed by atoms with E-state index in [9.17, 15) is 0 Å². The standard InChI is InChI=1S/C18H23N5.HI/c1-19-18(23-12-11-14-7-4-5-9-16(14)23)20-13-15-8-6-10-17(21-15)22(2)3;/h4-10H,11-13H2,1-3H3,(H,19,20);1H. The van der Waals surface area contributed by atoms with E-state index in [1.54, 1.807) is 0 Å². The Labute approximate surface area is 160 Å². The summed E-state index contributed by atoms with van der Waals surface area (Å²) in [5, 5.41) is 3.43. The highest BCUT2D eigenvalue weighted by molar-refractivity contribution is 14.0. The van der Waals surface area contributed by atoms with Gasteiger partial charge in [0.1, 0.15) is 5.82 Å². The maximum atomic E-state index is 4.64. The van der Waals surface area contributed by atoms with Crippen molar-refractivity contribution in [3.8, 4) is 0 Å². The van der Waals surface area contributed by atoms with Crippen molar-refractivity contribution in [1.29, 1.82) is 0 Å². The van der Waals surface area contributed by atoms with E-state index in [0.29, 0.717) is 6.54 Å². The van der Waals surface area contributed by atoms with E-state index in [2.05, 4.69) is 44.5 Å². The predicted molar refractivity (Wildman–Crippen MR) is 112 cm³/mol. The number of benzene rings is 1. The summed E-state index contributed by atoms with van der Waals surface area (Å²) in [6, 6.07) is 14.6. The molecule has 0 atom stereocenters. The molecule has 1 N–H and O–H groups in total. The van der Waals surface area contributed by atoms with Crippen LogP contribution in [-0.4, -0.2) is 38.6 Å². The van der Waals surface area contributed by atoms with Crippen LogP contribution in [0.25, 0.3) is 0 Å². The molecular formula is C18H24IN5. The number of guanidine groups is 1. The quantitative estimate of drug-likeness (QED) is 0.456. The number of hydrogen-bond donors (Lipinski definition) is 1. The highest BCUT2D eigenvalue weighted by atomic mass is 127. The Balaban J connectivity index is 0.00000208. The number of nitrogens with one attached hydrogen (secondary N) is 1. The van der Waals surface area contributed by atoms with Gasteiger partial charge in [-0.1, -0.05) is 24.3 Å². The molecule has 2 aromatic rings. The average molecular weight is 437 g/mol. The van der Waals surface area contributed by atoms with Crippen molar-refractivity contribution >= 4 is 41.4 Å². The fourth-order valence-electron chi connectivity index (χ4n) is 2.84. The first-order valence-corrected chi connectivity index (χ1v) is 7.88. The largest absolute Gasteiger partial charge is 0.363 e. The maximum absolute atomic E-state index is 4.64. The summed E-state index contributed by atoms with van der Waals surface area (Å²) in [6.45, 7) is 1.62. The minimum atomic E-state index is 0. The normalized spacial score (nSPS) is 13.3. The molecule has 3 rings (SSSR count). The van der Waals surface area contributed by atoms with Gasteiger partial charge in [0.15, 0.2) is 5.96 Å². The number of pyridine rings is 1. The van der Waals surface area contributed by atoms with Crippen molar-refractivity contribution in [2.24, 2.45) is 4.99 Å². The van der Waals surface area contributed by atoms with Crippen LogP contribution in [-0.2, 0) is 13.0 Å². The zero-order chi connectivity index (χ0) is 16.2. The van der Waals surface area contributed by atoms with E-state index < -0.39 is 0 Å². The van der Waals surface area contributed by atoms with E-state index in [-0.39, 0.29) is 24.0 Å². The summed E-state index contributed by atoms with van der Waals surface area (Å²) in [5.74, 6) is 1.86. The summed E-state index contributed by atoms with van der Waals surface area (Å²) in [6.07, 6.45) is 1.06. The molecule has 1 aromatic heterocycles. The van der Waals surface area contributed by atoms with Crippen LogP contribution in [0, 0.1) is 0 Å². The van der Waals surface area contributed by atoms with Crippen molar-refractivity contribution in [2.75, 3.05) is 37.5 Å². The number of halogens is 1. The summed E-state index contributed by atoms with van der Waals surface area (Å²) < 4.78 is 0. The highest BCUT2D eigenvalue weighted by Crippen LogP contribution is 2.27. The van der Waals surface area contributed by atoms with Crippen molar-refractivity contribution < 1.29 is 0 Å². The first-order chi connectivity index (χ1) is 11.2. The van der Waals surface area contributed by atoms with Gasteiger partial charge in [0, 0.05) is 33.4 Å². The minimum Gasteiger partial charge on any atom is -0.363 e. The first-order valence-electron chi connectivity index (χ1n) is 7.88. The number of hydrogen-bond acceptors (Lipinski definition) is 3. The topological polar surface area (TPSA) is 43.8 Å². The summed E-state index contributed by atoms with van der Waals surface area (Å²) in [4.78, 5) is 13.3. The molecule has 1 aromatic carbocycles. The zero-order valence-electron chi connectivity index (χ0n) is 14.4. The SMILES string of the molecule is CN=C(NCc1cccc(N(C)C)n1)N1CCc2ccccc21.I. The fourth-order valence-corrected chi connectivity index (χ4v) is 2.84. The van der Waals surface area contributed by atoms with Gasteiger partial charge in [-0.15, -0.1) is 24.0 Å². The number of rotatable bonds is 3. The van der Waals surface area contributed by atoms with Gasteiger partial charge in [-0.3, -0.25) is 4.99 Å². The number of aliphatic imine (C=N–C) groups is 1. The number of para-hydroxylation sites is 1. The molecule has 128 valence electrons. The molecule has 24 heavy (non-hydrogen) atoms. The van der Waals surface area contributed by atoms with Crippen molar-refractivity contribution in [1.82, 2.24) is 10.3 Å². The Morgan fingerprint density at radius 1 is 1.21 bits per heavy atom. The monoisotopic (exact) mass is 437 g/mol. The molecule has 0 amide bonds. The molecule has 5 nitrogen and oxygen atoms in total. The van der Waals surface area contributed by atoms with Gasteiger partial charge in [0.2, 0.25) is 0 Å². The Kier molecular flexibility index (Phi) is 6.42. The predicted octanol–water partition coefficient (Wildman–Crippen LogP) is 2.90. The minimum absolute atomic E-state index is 0. The number of aromatic nitrogens is 1. The molecule has 1 aliphatic rings. The fraction of sp³-hybridized carbons (Fsp3) is 0.333. The lowest BCUT2D eigenvalue weighted by molar-refractivity contribution is 0.836. The van der Waals surface area contributed by atoms with Crippen molar-refractivity contribution in [3.63, 3.8) is 0 Å². The van der Waals surface area contributed by atoms with E-state index in [4.69, 9.17) is 0 Å². The van der Waals surface area contributed by atoms with Crippen LogP contribution < -0.4 is 15.1 Å². The zero-order valence-corrected chi connectivity index (χ0v) is 16.7. The van der Waals surface area contributed by atoms with Crippen LogP contribution in [0.5, 0.6) is 0 Å². The smallest absolute Gasteiger partial charge is 0.198 e. The lowest BCUT2D eigenvalue weighted by Crippen LogP contribution is -2.40. The molecule has 0 saturated carbocycles. The Hall–Kier alpha value is -1.83. The van der Waals surface area contributed by atoms with Gasteiger partial charge < -0.3 is 15.1 Å². The van der Waals surface area contributed by atoms with Crippen LogP contribution in [0.4, 0.5) is 11.5 Å². The Morgan fingerprint density at radius 3 is 2.75 bits per heavy atom. The van der Waals surface area contributed by atoms with E-state index in [1.165, 1.54) is 11.3 Å². The van der Waals surface area contributed by atoms with Crippen LogP contribution in [0.3, 0.4) is 0 Å². The molecule has 2 heterocycles. The van der Waals surface area contributed by atoms with Crippen LogP contribution in [0.15, 0.2) is 47.5 Å². The van der Waals surface area contributed by atoms with Crippen molar-refractivity contribution in [2.45, 2.75) is 13.0 Å². The van der Waals surface area contributed by atoms with E-state index in [0.717, 1.165) is 30.4 Å². The highest BCUT2D eigenvalue weighted by Gasteiger charge is 2.22. The van der Waals surface area contributed by atoms with Crippen LogP contribution in [0.1, 0.15) is 11.3 Å². The van der Waals surface area contributed by atoms with Gasteiger partial charge in [-0.2, -0.15) is 0 Å². The molecule has 1 aliphatic heterocycles. The number of nitrogens with zero attached hydrogens (tertiary/aromatic N) is 4. The van der Waals surface area contributed by atoms with Crippen molar-refractivity contribution in [3.05, 3.63) is 53.7 Å². The number of fused-ring (bicyclic) bond motifs is 1. The molecule has 0 saturated heterocycles. The number of anilines is 2. The third kappa shape index (κ3) is 3.98. The molecule has 0 bridgehead atoms. The van der Waals surface area contributed by atoms with Gasteiger partial charge in [-0.25, -0.2) is 4.98 Å². The lowest BCUT2D eigenvalue weighted by Gasteiger charge is -2.22. The van der Waals surface area contributed by atoms with Gasteiger partial charge in [-0.05, 0) is 30.2 Å². The van der Waals surface area contributed by atoms with Crippen LogP contribution >= 0.6 is 24.0 Å². The Morgan fingerprint density at radius 2 is 2.00 bits per heavy atom. The third-order valence-electron chi connectivity index (χ3n) is 4.03. The second kappa shape index (κ2) is 8.32. The maximum Gasteiger partial charge on any atom is 0.198 e. The van der Waals surface area contributed by atoms with Crippen LogP contribution in [0.2, 0.25) is 0 Å². The van der Waals surface area contributed by atoms with Gasteiger partial charge in [0.25, 0.3) is 0 Å². The van der Waals surface area contributed by atoms with E-state index >= 15 is 0 Å². The summed E-state index contributed by atoms with van der Waals surface area (Å²) in [7, 11) is 5.83. The molecule has 6 heteroatoms. The second-order valence-corrected chi connectivity index (χ2v) is 5.81. The van der Waals surface area contributed by atoms with Gasteiger partial charge in [0.05, 0.1) is 12.2 Å². The molecule has 0 unspecified atom stereocenters. The average Bonchev–Trinajstić information content (AvgIpc) is 3.00. The molecule has 0 spiro atoms. The summed E-state index contributed by atoms with van der Waals surface area (Å²) in [5.41, 5.74) is 3.63. The molecule has 0 fully saturated rings. The molecule has 0 aliphatic carbocycles. The third-order valence-corrected chi connectivity index (χ3v) is 4.03. The second-order valence-electron chi connectivity index (χ2n) is 5.81. The molecule has 0 radical (unpaired) electrons. The molecular weight excluding hydrogens is 413 g/mol. The van der Waals surface area contributed by atoms with E-state index in [1.807, 2.05) is 44.2 Å². The summed E-state index contributed by atoms with van der Waals surface area (Å²) >= 11 is 0. The lowest BCUT2D eigenvalue weighted by atomic mass is 10.2.